The highest BCUT2D eigenvalue weighted by Gasteiger charge is 2.18. The molecule has 0 radical (unpaired) electrons. The molecule has 0 aliphatic rings. The maximum atomic E-state index is 11.9. The van der Waals surface area contributed by atoms with Crippen LogP contribution in [0.4, 0.5) is 0 Å². The maximum absolute atomic E-state index is 11.9. The van der Waals surface area contributed by atoms with Crippen LogP contribution in [0.5, 0.6) is 0 Å². The number of carbonyl (C=O) groups excluding carboxylic acids is 2. The van der Waals surface area contributed by atoms with Crippen LogP contribution in [0.1, 0.15) is 60.3 Å². The first-order valence-corrected chi connectivity index (χ1v) is 7.57. The normalized spacial score (nSPS) is 12.6. The third-order valence-corrected chi connectivity index (χ3v) is 3.68. The van der Waals surface area contributed by atoms with Crippen molar-refractivity contribution < 1.29 is 9.59 Å². The molecule has 0 aliphatic heterocycles. The molecule has 0 rings (SSSR count). The van der Waals surface area contributed by atoms with E-state index in [0.29, 0.717) is 6.54 Å². The van der Waals surface area contributed by atoms with Crippen LogP contribution in [-0.4, -0.2) is 24.4 Å². The van der Waals surface area contributed by atoms with Crippen LogP contribution in [0.25, 0.3) is 0 Å². The van der Waals surface area contributed by atoms with Crippen LogP contribution < -0.4 is 10.6 Å². The van der Waals surface area contributed by atoms with Gasteiger partial charge in [0.15, 0.2) is 0 Å². The topological polar surface area (TPSA) is 58.2 Å². The van der Waals surface area contributed by atoms with E-state index in [2.05, 4.69) is 10.6 Å². The van der Waals surface area contributed by atoms with E-state index < -0.39 is 0 Å². The molecule has 2 N–H and O–H groups in total. The zero-order valence-electron chi connectivity index (χ0n) is 13.1. The van der Waals surface area contributed by atoms with E-state index in [0.717, 1.165) is 25.7 Å². The molecule has 0 aromatic rings. The van der Waals surface area contributed by atoms with Crippen LogP contribution in [0.3, 0.4) is 0 Å². The zero-order valence-corrected chi connectivity index (χ0v) is 13.1. The van der Waals surface area contributed by atoms with Gasteiger partial charge < -0.3 is 10.6 Å². The summed E-state index contributed by atoms with van der Waals surface area (Å²) in [5, 5.41) is 5.87. The number of hydrogen-bond donors (Lipinski definition) is 2. The van der Waals surface area contributed by atoms with Crippen LogP contribution in [0.15, 0.2) is 0 Å². The Hall–Kier alpha value is -1.06. The van der Waals surface area contributed by atoms with Crippen molar-refractivity contribution >= 4 is 11.8 Å². The summed E-state index contributed by atoms with van der Waals surface area (Å²) in [7, 11) is 0. The molecule has 0 heterocycles. The lowest BCUT2D eigenvalue weighted by Crippen LogP contribution is -2.45. The molecule has 112 valence electrons. The molecule has 0 aromatic carbocycles. The largest absolute Gasteiger partial charge is 0.354 e. The molecular weight excluding hydrogens is 240 g/mol. The number of nitrogens with one attached hydrogen (secondary N) is 2. The van der Waals surface area contributed by atoms with Crippen molar-refractivity contribution in [3.05, 3.63) is 0 Å². The summed E-state index contributed by atoms with van der Waals surface area (Å²) in [5.74, 6) is 0.349. The summed E-state index contributed by atoms with van der Waals surface area (Å²) in [6.07, 6.45) is 3.43. The van der Waals surface area contributed by atoms with E-state index in [1.807, 2.05) is 34.6 Å². The lowest BCUT2D eigenvalue weighted by atomic mass is 10.0. The first-order valence-electron chi connectivity index (χ1n) is 7.57. The summed E-state index contributed by atoms with van der Waals surface area (Å²) in [6, 6.07) is -0.0218. The Bertz CT molecular complexity index is 271. The van der Waals surface area contributed by atoms with Crippen LogP contribution >= 0.6 is 0 Å². The molecule has 0 spiro atoms. The molecule has 19 heavy (non-hydrogen) atoms. The number of amides is 2. The summed E-state index contributed by atoms with van der Waals surface area (Å²) >= 11 is 0. The van der Waals surface area contributed by atoms with Gasteiger partial charge in [-0.05, 0) is 32.6 Å². The third kappa shape index (κ3) is 6.60. The minimum Gasteiger partial charge on any atom is -0.354 e. The van der Waals surface area contributed by atoms with Gasteiger partial charge in [0.05, 0.1) is 0 Å². The Labute approximate surface area is 117 Å². The SMILES string of the molecule is CCC(CC)C(=O)NC[C@@H](C)NC(=O)C(CC)CC. The van der Waals surface area contributed by atoms with Gasteiger partial charge in [0, 0.05) is 24.4 Å². The average Bonchev–Trinajstić information content (AvgIpc) is 2.39. The number of hydrogen-bond acceptors (Lipinski definition) is 2. The molecule has 4 heteroatoms. The number of carbonyl (C=O) groups is 2. The highest BCUT2D eigenvalue weighted by molar-refractivity contribution is 5.80. The average molecular weight is 270 g/mol. The molecule has 2 amide bonds. The molecule has 0 saturated carbocycles. The van der Waals surface area contributed by atoms with Gasteiger partial charge in [-0.2, -0.15) is 0 Å². The monoisotopic (exact) mass is 270 g/mol. The van der Waals surface area contributed by atoms with Gasteiger partial charge in [0.25, 0.3) is 0 Å². The standard InChI is InChI=1S/C15H30N2O2/c1-6-12(7-2)14(18)16-10-11(5)17-15(19)13(8-3)9-4/h11-13H,6-10H2,1-5H3,(H,16,18)(H,17,19)/t11-/m1/s1. The molecule has 0 fully saturated rings. The fourth-order valence-corrected chi connectivity index (χ4v) is 2.13. The Morgan fingerprint density at radius 1 is 0.842 bits per heavy atom. The molecule has 0 bridgehead atoms. The molecule has 0 unspecified atom stereocenters. The summed E-state index contributed by atoms with van der Waals surface area (Å²) in [6.45, 7) is 10.5. The Kier molecular flexibility index (Phi) is 9.27. The van der Waals surface area contributed by atoms with Crippen molar-refractivity contribution in [2.45, 2.75) is 66.3 Å². The van der Waals surface area contributed by atoms with Gasteiger partial charge in [-0.25, -0.2) is 0 Å². The van der Waals surface area contributed by atoms with Gasteiger partial charge in [-0.15, -0.1) is 0 Å². The quantitative estimate of drug-likeness (QED) is 0.676. The Morgan fingerprint density at radius 2 is 1.26 bits per heavy atom. The Balaban J connectivity index is 4.08. The van der Waals surface area contributed by atoms with Crippen LogP contribution in [0.2, 0.25) is 0 Å². The van der Waals surface area contributed by atoms with Gasteiger partial charge in [-0.1, -0.05) is 27.7 Å². The van der Waals surface area contributed by atoms with Crippen molar-refractivity contribution in [1.82, 2.24) is 10.6 Å². The second-order valence-electron chi connectivity index (χ2n) is 5.18. The summed E-state index contributed by atoms with van der Waals surface area (Å²) < 4.78 is 0. The van der Waals surface area contributed by atoms with E-state index in [1.54, 1.807) is 0 Å². The lowest BCUT2D eigenvalue weighted by molar-refractivity contribution is -0.127. The summed E-state index contributed by atoms with van der Waals surface area (Å²) in [4.78, 5) is 23.7. The fraction of sp³-hybridized carbons (Fsp3) is 0.867. The van der Waals surface area contributed by atoms with Gasteiger partial charge >= 0.3 is 0 Å². The summed E-state index contributed by atoms with van der Waals surface area (Å²) in [5.41, 5.74) is 0. The molecular formula is C15H30N2O2. The molecule has 1 atom stereocenters. The number of rotatable bonds is 9. The van der Waals surface area contributed by atoms with E-state index in [1.165, 1.54) is 0 Å². The zero-order chi connectivity index (χ0) is 14.8. The van der Waals surface area contributed by atoms with E-state index >= 15 is 0 Å². The van der Waals surface area contributed by atoms with Crippen molar-refractivity contribution in [3.8, 4) is 0 Å². The molecule has 4 nitrogen and oxygen atoms in total. The van der Waals surface area contributed by atoms with E-state index in [4.69, 9.17) is 0 Å². The fourth-order valence-electron chi connectivity index (χ4n) is 2.13. The second-order valence-corrected chi connectivity index (χ2v) is 5.18. The van der Waals surface area contributed by atoms with E-state index in [9.17, 15) is 9.59 Å². The first-order chi connectivity index (χ1) is 8.99. The molecule has 0 saturated heterocycles. The smallest absolute Gasteiger partial charge is 0.223 e. The van der Waals surface area contributed by atoms with E-state index in [-0.39, 0.29) is 29.7 Å². The third-order valence-electron chi connectivity index (χ3n) is 3.68. The molecule has 0 aromatic heterocycles. The predicted octanol–water partition coefficient (Wildman–Crippen LogP) is 2.48. The van der Waals surface area contributed by atoms with Crippen LogP contribution in [-0.2, 0) is 9.59 Å². The van der Waals surface area contributed by atoms with Crippen molar-refractivity contribution in [3.63, 3.8) is 0 Å². The Morgan fingerprint density at radius 3 is 1.68 bits per heavy atom. The van der Waals surface area contributed by atoms with Crippen molar-refractivity contribution in [1.29, 1.82) is 0 Å². The minimum absolute atomic E-state index is 0.0218. The van der Waals surface area contributed by atoms with Gasteiger partial charge in [0.1, 0.15) is 0 Å². The van der Waals surface area contributed by atoms with Gasteiger partial charge in [-0.3, -0.25) is 9.59 Å². The highest BCUT2D eigenvalue weighted by Crippen LogP contribution is 2.08. The molecule has 0 aliphatic carbocycles. The lowest BCUT2D eigenvalue weighted by Gasteiger charge is -2.20. The maximum Gasteiger partial charge on any atom is 0.223 e. The van der Waals surface area contributed by atoms with Crippen molar-refractivity contribution in [2.24, 2.45) is 11.8 Å². The van der Waals surface area contributed by atoms with Gasteiger partial charge in [0.2, 0.25) is 11.8 Å². The van der Waals surface area contributed by atoms with Crippen LogP contribution in [0, 0.1) is 11.8 Å². The van der Waals surface area contributed by atoms with Crippen molar-refractivity contribution in [2.75, 3.05) is 6.54 Å². The predicted molar refractivity (Wildman–Crippen MR) is 78.8 cm³/mol. The first kappa shape index (κ1) is 17.9. The highest BCUT2D eigenvalue weighted by atomic mass is 16.2. The minimum atomic E-state index is -0.0218. The second kappa shape index (κ2) is 9.82.